The average molecular weight is 647 g/mol. The Labute approximate surface area is 262 Å². The van der Waals surface area contributed by atoms with Gasteiger partial charge < -0.3 is 20.4 Å². The van der Waals surface area contributed by atoms with Gasteiger partial charge in [-0.15, -0.1) is 0 Å². The number of carbonyl (C=O) groups excluding carboxylic acids is 2. The van der Waals surface area contributed by atoms with E-state index in [-0.39, 0.29) is 18.1 Å². The third-order valence-corrected chi connectivity index (χ3v) is 12.2. The highest BCUT2D eigenvalue weighted by atomic mass is 28.4. The Balaban J connectivity index is 1.92. The molecule has 0 saturated heterocycles. The van der Waals surface area contributed by atoms with Gasteiger partial charge in [-0.25, -0.2) is 9.78 Å². The molecule has 3 N–H and O–H groups in total. The lowest BCUT2D eigenvalue weighted by Crippen LogP contribution is -2.59. The van der Waals surface area contributed by atoms with E-state index < -0.39 is 61.6 Å². The van der Waals surface area contributed by atoms with Crippen molar-refractivity contribution in [1.29, 1.82) is 0 Å². The Morgan fingerprint density at radius 1 is 1.02 bits per heavy atom. The van der Waals surface area contributed by atoms with E-state index in [1.807, 2.05) is 20.8 Å². The number of anilines is 1. The largest absolute Gasteiger partial charge is 0.415 e. The molecule has 2 unspecified atom stereocenters. The van der Waals surface area contributed by atoms with E-state index in [4.69, 9.17) is 4.43 Å². The van der Waals surface area contributed by atoms with Crippen LogP contribution in [0.3, 0.4) is 0 Å². The minimum Gasteiger partial charge on any atom is -0.404 e. The fourth-order valence-corrected chi connectivity index (χ4v) is 5.47. The molecule has 45 heavy (non-hydrogen) atoms. The topological polar surface area (TPSA) is 127 Å². The number of rotatable bonds is 11. The van der Waals surface area contributed by atoms with Gasteiger partial charge in [0.1, 0.15) is 18.1 Å². The van der Waals surface area contributed by atoms with Crippen molar-refractivity contribution in [1.82, 2.24) is 25.2 Å². The van der Waals surface area contributed by atoms with E-state index in [9.17, 15) is 27.6 Å². The van der Waals surface area contributed by atoms with Crippen LogP contribution in [0.4, 0.5) is 23.7 Å². The molecule has 3 rings (SSSR count). The number of amides is 3. The molecule has 0 aliphatic heterocycles. The Hall–Kier alpha value is -4.04. The lowest BCUT2D eigenvalue weighted by Gasteiger charge is -2.42. The zero-order valence-corrected chi connectivity index (χ0v) is 27.5. The number of pyridine rings is 1. The number of urea groups is 1. The number of aromatic nitrogens is 3. The Kier molecular flexibility index (Phi) is 11.3. The first-order valence-electron chi connectivity index (χ1n) is 14.5. The fraction of sp³-hybridized carbons (Fsp3) is 0.452. The van der Waals surface area contributed by atoms with E-state index >= 15 is 0 Å². The van der Waals surface area contributed by atoms with Crippen LogP contribution < -0.4 is 21.5 Å². The van der Waals surface area contributed by atoms with Gasteiger partial charge in [0.2, 0.25) is 5.91 Å². The number of halogens is 3. The van der Waals surface area contributed by atoms with Gasteiger partial charge in [-0.1, -0.05) is 71.0 Å². The standard InChI is InChI=1S/C31H41F3N6O4Si/c1-20(2)25(26(31(32,33)34)44-45(6,7)30(3,4)5)39-24(41)19-40-27(22-13-9-8-10-14-22)36-18-23(28(40)42)38-29(43)37-17-21-12-11-15-35-16-21/h8-16,18,20,25-26H,17,19H2,1-7H3,(H,39,41)(H2,37,38,43). The van der Waals surface area contributed by atoms with Crippen LogP contribution in [0, 0.1) is 5.92 Å². The molecule has 0 spiro atoms. The number of nitrogens with one attached hydrogen (secondary N) is 3. The van der Waals surface area contributed by atoms with Crippen LogP contribution in [0.15, 0.2) is 65.8 Å². The lowest BCUT2D eigenvalue weighted by molar-refractivity contribution is -0.210. The molecule has 3 amide bonds. The van der Waals surface area contributed by atoms with Gasteiger partial charge in [0.05, 0.1) is 12.2 Å². The summed E-state index contributed by atoms with van der Waals surface area (Å²) in [5, 5.41) is 7.05. The predicted octanol–water partition coefficient (Wildman–Crippen LogP) is 5.72. The number of benzene rings is 1. The van der Waals surface area contributed by atoms with Crippen molar-refractivity contribution < 1.29 is 27.2 Å². The summed E-state index contributed by atoms with van der Waals surface area (Å²) < 4.78 is 50.2. The predicted molar refractivity (Wildman–Crippen MR) is 169 cm³/mol. The summed E-state index contributed by atoms with van der Waals surface area (Å²) in [6, 6.07) is 9.88. The van der Waals surface area contributed by atoms with E-state index in [1.54, 1.807) is 81.8 Å². The second-order valence-corrected chi connectivity index (χ2v) is 17.4. The van der Waals surface area contributed by atoms with Crippen LogP contribution in [0.5, 0.6) is 0 Å². The number of hydrogen-bond donors (Lipinski definition) is 3. The van der Waals surface area contributed by atoms with Crippen molar-refractivity contribution in [3.05, 3.63) is 77.0 Å². The van der Waals surface area contributed by atoms with Crippen LogP contribution in [-0.2, 0) is 22.3 Å². The number of alkyl halides is 3. The van der Waals surface area contributed by atoms with Crippen molar-refractivity contribution in [3.8, 4) is 11.4 Å². The summed E-state index contributed by atoms with van der Waals surface area (Å²) in [5.41, 5.74) is 0.237. The van der Waals surface area contributed by atoms with Crippen LogP contribution in [-0.4, -0.2) is 53.1 Å². The third-order valence-electron chi connectivity index (χ3n) is 7.73. The highest BCUT2D eigenvalue weighted by molar-refractivity contribution is 6.74. The van der Waals surface area contributed by atoms with Crippen LogP contribution >= 0.6 is 0 Å². The fourth-order valence-electron chi connectivity index (χ4n) is 4.20. The first-order valence-corrected chi connectivity index (χ1v) is 17.4. The van der Waals surface area contributed by atoms with Crippen molar-refractivity contribution in [3.63, 3.8) is 0 Å². The molecule has 14 heteroatoms. The molecule has 244 valence electrons. The molecule has 1 aromatic carbocycles. The van der Waals surface area contributed by atoms with E-state index in [0.29, 0.717) is 5.56 Å². The highest BCUT2D eigenvalue weighted by Gasteiger charge is 2.52. The van der Waals surface area contributed by atoms with Crippen molar-refractivity contribution in [2.24, 2.45) is 5.92 Å². The average Bonchev–Trinajstić information content (AvgIpc) is 2.95. The van der Waals surface area contributed by atoms with Crippen LogP contribution in [0.2, 0.25) is 18.1 Å². The molecule has 0 radical (unpaired) electrons. The molecule has 2 atom stereocenters. The van der Waals surface area contributed by atoms with Gasteiger partial charge in [0.15, 0.2) is 14.4 Å². The van der Waals surface area contributed by atoms with Gasteiger partial charge in [0.25, 0.3) is 5.56 Å². The summed E-state index contributed by atoms with van der Waals surface area (Å²) in [6.45, 7) is 11.5. The number of carbonyl (C=O) groups is 2. The smallest absolute Gasteiger partial charge is 0.404 e. The zero-order valence-electron chi connectivity index (χ0n) is 26.5. The van der Waals surface area contributed by atoms with Crippen molar-refractivity contribution >= 4 is 25.9 Å². The van der Waals surface area contributed by atoms with Gasteiger partial charge in [0, 0.05) is 24.5 Å². The van der Waals surface area contributed by atoms with Crippen LogP contribution in [0.25, 0.3) is 11.4 Å². The minimum atomic E-state index is -4.77. The molecule has 2 heterocycles. The molecule has 0 aliphatic rings. The lowest BCUT2D eigenvalue weighted by atomic mass is 9.98. The normalized spacial score (nSPS) is 13.7. The van der Waals surface area contributed by atoms with E-state index in [1.165, 1.54) is 6.20 Å². The summed E-state index contributed by atoms with van der Waals surface area (Å²) in [5.74, 6) is -1.41. The van der Waals surface area contributed by atoms with E-state index in [0.717, 1.165) is 10.1 Å². The second kappa shape index (κ2) is 14.4. The molecule has 0 bridgehead atoms. The SMILES string of the molecule is CC(C)C(NC(=O)Cn1c(-c2ccccc2)ncc(NC(=O)NCc2cccnc2)c1=O)C(O[Si](C)(C)C(C)(C)C)C(F)(F)F. The Morgan fingerprint density at radius 3 is 2.24 bits per heavy atom. The molecule has 3 aromatic rings. The first kappa shape index (κ1) is 35.4. The maximum Gasteiger partial charge on any atom is 0.415 e. The van der Waals surface area contributed by atoms with E-state index in [2.05, 4.69) is 25.9 Å². The molecule has 0 saturated carbocycles. The summed E-state index contributed by atoms with van der Waals surface area (Å²) in [7, 11) is -2.91. The summed E-state index contributed by atoms with van der Waals surface area (Å²) in [4.78, 5) is 47.9. The quantitative estimate of drug-likeness (QED) is 0.229. The molecular weight excluding hydrogens is 605 g/mol. The zero-order chi connectivity index (χ0) is 33.6. The third kappa shape index (κ3) is 9.47. The number of nitrogens with zero attached hydrogens (tertiary/aromatic N) is 3. The molecule has 0 aliphatic carbocycles. The van der Waals surface area contributed by atoms with Gasteiger partial charge in [-0.05, 0) is 35.7 Å². The Morgan fingerprint density at radius 2 is 1.69 bits per heavy atom. The van der Waals surface area contributed by atoms with Crippen molar-refractivity contribution in [2.45, 2.75) is 84.2 Å². The van der Waals surface area contributed by atoms with Gasteiger partial charge in [-0.3, -0.25) is 19.1 Å². The van der Waals surface area contributed by atoms with Gasteiger partial charge >= 0.3 is 12.2 Å². The molecule has 0 fully saturated rings. The molecule has 2 aromatic heterocycles. The summed E-state index contributed by atoms with van der Waals surface area (Å²) in [6.07, 6.45) is -2.68. The van der Waals surface area contributed by atoms with Crippen molar-refractivity contribution in [2.75, 3.05) is 5.32 Å². The van der Waals surface area contributed by atoms with Crippen LogP contribution in [0.1, 0.15) is 40.2 Å². The monoisotopic (exact) mass is 646 g/mol. The highest BCUT2D eigenvalue weighted by Crippen LogP contribution is 2.41. The maximum atomic E-state index is 14.5. The summed E-state index contributed by atoms with van der Waals surface area (Å²) >= 11 is 0. The molecule has 10 nitrogen and oxygen atoms in total. The maximum absolute atomic E-state index is 14.5. The number of hydrogen-bond acceptors (Lipinski definition) is 6. The Bertz CT molecular complexity index is 1510. The van der Waals surface area contributed by atoms with Gasteiger partial charge in [-0.2, -0.15) is 13.2 Å². The minimum absolute atomic E-state index is 0.100. The first-order chi connectivity index (χ1) is 20.9. The second-order valence-electron chi connectivity index (χ2n) is 12.6. The molecular formula is C31H41F3N6O4Si.